The van der Waals surface area contributed by atoms with Crippen molar-refractivity contribution in [1.82, 2.24) is 9.58 Å². The maximum absolute atomic E-state index is 12.6. The van der Waals surface area contributed by atoms with Crippen molar-refractivity contribution >= 4 is 16.8 Å². The summed E-state index contributed by atoms with van der Waals surface area (Å²) in [4.78, 5) is 12.6. The fourth-order valence-electron chi connectivity index (χ4n) is 2.54. The van der Waals surface area contributed by atoms with Crippen LogP contribution in [0.3, 0.4) is 0 Å². The van der Waals surface area contributed by atoms with Crippen LogP contribution in [0.2, 0.25) is 0 Å². The van der Waals surface area contributed by atoms with Gasteiger partial charge in [0.1, 0.15) is 5.69 Å². The molecule has 2 aromatic carbocycles. The fourth-order valence-corrected chi connectivity index (χ4v) is 2.54. The van der Waals surface area contributed by atoms with Gasteiger partial charge in [-0.05, 0) is 24.3 Å². The Morgan fingerprint density at radius 3 is 2.55 bits per heavy atom. The summed E-state index contributed by atoms with van der Waals surface area (Å²) in [6, 6.07) is 19.5. The molecule has 3 rings (SSSR count). The molecule has 2 N–H and O–H groups in total. The van der Waals surface area contributed by atoms with Crippen LogP contribution in [0.15, 0.2) is 73.3 Å². The van der Waals surface area contributed by atoms with Crippen molar-refractivity contribution in [2.24, 2.45) is 5.84 Å². The van der Waals surface area contributed by atoms with Crippen LogP contribution in [0.4, 0.5) is 0 Å². The molecule has 0 fully saturated rings. The maximum atomic E-state index is 12.6. The zero-order valence-electron chi connectivity index (χ0n) is 12.1. The highest BCUT2D eigenvalue weighted by Gasteiger charge is 2.19. The van der Waals surface area contributed by atoms with Gasteiger partial charge >= 0.3 is 0 Å². The first-order valence-corrected chi connectivity index (χ1v) is 7.05. The summed E-state index contributed by atoms with van der Waals surface area (Å²) in [5.74, 6) is 5.59. The first kappa shape index (κ1) is 14.1. The lowest BCUT2D eigenvalue weighted by atomic mass is 10.2. The highest BCUT2D eigenvalue weighted by atomic mass is 16.2. The zero-order chi connectivity index (χ0) is 15.5. The number of nitrogens with two attached hydrogens (primary N) is 1. The second-order valence-electron chi connectivity index (χ2n) is 5.01. The van der Waals surface area contributed by atoms with E-state index >= 15 is 0 Å². The molecule has 110 valence electrons. The Labute approximate surface area is 129 Å². The van der Waals surface area contributed by atoms with Gasteiger partial charge in [-0.3, -0.25) is 9.80 Å². The van der Waals surface area contributed by atoms with Crippen molar-refractivity contribution in [3.05, 3.63) is 79.0 Å². The van der Waals surface area contributed by atoms with E-state index < -0.39 is 0 Å². The zero-order valence-corrected chi connectivity index (χ0v) is 12.1. The van der Waals surface area contributed by atoms with Crippen molar-refractivity contribution in [1.29, 1.82) is 0 Å². The first-order chi connectivity index (χ1) is 10.7. The number of benzene rings is 2. The van der Waals surface area contributed by atoms with E-state index in [1.165, 1.54) is 5.01 Å². The Morgan fingerprint density at radius 2 is 1.82 bits per heavy atom. The minimum atomic E-state index is -0.236. The number of rotatable bonds is 4. The van der Waals surface area contributed by atoms with Crippen LogP contribution in [-0.4, -0.2) is 22.0 Å². The molecule has 22 heavy (non-hydrogen) atoms. The van der Waals surface area contributed by atoms with Gasteiger partial charge in [0.05, 0.1) is 12.1 Å². The summed E-state index contributed by atoms with van der Waals surface area (Å²) in [5, 5.41) is 2.17. The second kappa shape index (κ2) is 5.87. The summed E-state index contributed by atoms with van der Waals surface area (Å²) in [7, 11) is 0. The quantitative estimate of drug-likeness (QED) is 0.347. The fraction of sp³-hybridized carbons (Fsp3) is 0.0556. The van der Waals surface area contributed by atoms with Gasteiger partial charge in [-0.2, -0.15) is 0 Å². The smallest absolute Gasteiger partial charge is 0.285 e. The van der Waals surface area contributed by atoms with Crippen LogP contribution in [0, 0.1) is 0 Å². The third-order valence-electron chi connectivity index (χ3n) is 3.53. The number of amides is 1. The average Bonchev–Trinajstić information content (AvgIpc) is 2.94. The molecule has 3 aromatic rings. The molecule has 0 spiro atoms. The van der Waals surface area contributed by atoms with Crippen molar-refractivity contribution < 1.29 is 4.79 Å². The van der Waals surface area contributed by atoms with Gasteiger partial charge in [-0.25, -0.2) is 5.84 Å². The topological polar surface area (TPSA) is 51.3 Å². The van der Waals surface area contributed by atoms with Gasteiger partial charge in [-0.1, -0.05) is 42.5 Å². The minimum Gasteiger partial charge on any atom is -0.305 e. The Hall–Kier alpha value is -2.85. The van der Waals surface area contributed by atoms with E-state index in [0.29, 0.717) is 12.2 Å². The van der Waals surface area contributed by atoms with Gasteiger partial charge in [0.25, 0.3) is 5.91 Å². The van der Waals surface area contributed by atoms with Crippen LogP contribution in [-0.2, 0) is 0 Å². The predicted molar refractivity (Wildman–Crippen MR) is 88.7 cm³/mol. The molecule has 1 amide bonds. The normalized spacial score (nSPS) is 10.6. The highest BCUT2D eigenvalue weighted by molar-refractivity contribution is 5.99. The number of hydrazine groups is 1. The van der Waals surface area contributed by atoms with Crippen LogP contribution in [0.25, 0.3) is 16.6 Å². The van der Waals surface area contributed by atoms with Gasteiger partial charge in [0.2, 0.25) is 0 Å². The SMILES string of the molecule is C=CCN(N)C(=O)c1cc2ccccc2n1-c1ccccc1. The average molecular weight is 291 g/mol. The standard InChI is InChI=1S/C18H17N3O/c1-2-12-20(19)18(22)17-13-14-8-6-7-11-16(14)21(17)15-9-4-3-5-10-15/h2-11,13H,1,12,19H2. The Balaban J connectivity index is 2.21. The monoisotopic (exact) mass is 291 g/mol. The predicted octanol–water partition coefficient (Wildman–Crippen LogP) is 3.13. The van der Waals surface area contributed by atoms with E-state index in [1.54, 1.807) is 6.08 Å². The molecule has 0 atom stereocenters. The minimum absolute atomic E-state index is 0.236. The summed E-state index contributed by atoms with van der Waals surface area (Å²) < 4.78 is 1.93. The molecule has 0 bridgehead atoms. The maximum Gasteiger partial charge on any atom is 0.285 e. The Kier molecular flexibility index (Phi) is 3.76. The molecule has 0 unspecified atom stereocenters. The van der Waals surface area contributed by atoms with Gasteiger partial charge in [0.15, 0.2) is 0 Å². The summed E-state index contributed by atoms with van der Waals surface area (Å²) in [6.45, 7) is 3.92. The number of aromatic nitrogens is 1. The van der Waals surface area contributed by atoms with Crippen molar-refractivity contribution in [2.45, 2.75) is 0 Å². The largest absolute Gasteiger partial charge is 0.305 e. The second-order valence-corrected chi connectivity index (χ2v) is 5.01. The number of hydrogen-bond acceptors (Lipinski definition) is 2. The van der Waals surface area contributed by atoms with Crippen LogP contribution < -0.4 is 5.84 Å². The Bertz CT molecular complexity index is 821. The van der Waals surface area contributed by atoms with Crippen LogP contribution >= 0.6 is 0 Å². The molecular formula is C18H17N3O. The van der Waals surface area contributed by atoms with E-state index in [0.717, 1.165) is 16.6 Å². The molecule has 1 heterocycles. The molecule has 0 aliphatic carbocycles. The molecule has 4 nitrogen and oxygen atoms in total. The Morgan fingerprint density at radius 1 is 1.14 bits per heavy atom. The number of carbonyl (C=O) groups is 1. The lowest BCUT2D eigenvalue weighted by Gasteiger charge is -2.16. The van der Waals surface area contributed by atoms with E-state index in [9.17, 15) is 4.79 Å². The third kappa shape index (κ3) is 2.40. The molecule has 1 aromatic heterocycles. The van der Waals surface area contributed by atoms with Crippen LogP contribution in [0.5, 0.6) is 0 Å². The number of hydrogen-bond donors (Lipinski definition) is 1. The molecule has 4 heteroatoms. The van der Waals surface area contributed by atoms with E-state index in [1.807, 2.05) is 65.2 Å². The van der Waals surface area contributed by atoms with Gasteiger partial charge in [0, 0.05) is 11.1 Å². The van der Waals surface area contributed by atoms with Crippen molar-refractivity contribution in [3.63, 3.8) is 0 Å². The number of nitrogens with zero attached hydrogens (tertiary/aromatic N) is 2. The van der Waals surface area contributed by atoms with Crippen molar-refractivity contribution in [2.75, 3.05) is 6.54 Å². The van der Waals surface area contributed by atoms with E-state index in [-0.39, 0.29) is 5.91 Å². The van der Waals surface area contributed by atoms with Gasteiger partial charge < -0.3 is 4.57 Å². The number of para-hydroxylation sites is 2. The summed E-state index contributed by atoms with van der Waals surface area (Å²) in [5.41, 5.74) is 2.44. The lowest BCUT2D eigenvalue weighted by molar-refractivity contribution is 0.0766. The molecular weight excluding hydrogens is 274 g/mol. The molecule has 0 aliphatic rings. The molecule has 0 aliphatic heterocycles. The van der Waals surface area contributed by atoms with E-state index in [2.05, 4.69) is 6.58 Å². The van der Waals surface area contributed by atoms with E-state index in [4.69, 9.17) is 5.84 Å². The molecule has 0 saturated carbocycles. The molecule has 0 radical (unpaired) electrons. The number of carbonyl (C=O) groups excluding carboxylic acids is 1. The number of fused-ring (bicyclic) bond motifs is 1. The third-order valence-corrected chi connectivity index (χ3v) is 3.53. The summed E-state index contributed by atoms with van der Waals surface area (Å²) >= 11 is 0. The van der Waals surface area contributed by atoms with Crippen molar-refractivity contribution in [3.8, 4) is 5.69 Å². The van der Waals surface area contributed by atoms with Crippen LogP contribution in [0.1, 0.15) is 10.5 Å². The molecule has 0 saturated heterocycles. The lowest BCUT2D eigenvalue weighted by Crippen LogP contribution is -2.38. The highest BCUT2D eigenvalue weighted by Crippen LogP contribution is 2.25. The van der Waals surface area contributed by atoms with Gasteiger partial charge in [-0.15, -0.1) is 6.58 Å². The summed E-state index contributed by atoms with van der Waals surface area (Å²) in [6.07, 6.45) is 1.60. The first-order valence-electron chi connectivity index (χ1n) is 7.05.